The normalized spacial score (nSPS) is 27.4. The van der Waals surface area contributed by atoms with Crippen molar-refractivity contribution in [2.45, 2.75) is 56.0 Å². The summed E-state index contributed by atoms with van der Waals surface area (Å²) in [7, 11) is 0. The van der Waals surface area contributed by atoms with Crippen molar-refractivity contribution >= 4 is 29.0 Å². The summed E-state index contributed by atoms with van der Waals surface area (Å²) in [6.07, 6.45) is 5.41. The Morgan fingerprint density at radius 2 is 2.28 bits per heavy atom. The summed E-state index contributed by atoms with van der Waals surface area (Å²) in [6, 6.07) is 4.26. The van der Waals surface area contributed by atoms with Crippen LogP contribution in [0.1, 0.15) is 39.5 Å². The first-order valence-corrected chi connectivity index (χ1v) is 10.8. The average molecular weight is 377 g/mol. The number of hydrogen-bond acceptors (Lipinski definition) is 5. The molecule has 5 atom stereocenters. The van der Waals surface area contributed by atoms with E-state index in [2.05, 4.69) is 27.4 Å². The molecule has 0 aliphatic heterocycles. The molecule has 5 nitrogen and oxygen atoms in total. The lowest BCUT2D eigenvalue weighted by atomic mass is 9.84. The van der Waals surface area contributed by atoms with E-state index in [-0.39, 0.29) is 17.2 Å². The van der Waals surface area contributed by atoms with Gasteiger partial charge in [0.05, 0.1) is 10.1 Å². The standard InChI is InChI=1S/C18H24N4OS2/c1-10(14-9-12-5-6-13(14)8-12)19-17(23)11(2)25-18-20-16(21-22-18)15-4-3-7-24-15/h3-4,7,10-14H,5-6,8-9H2,1-2H3,(H,19,23)(H,20,21,22). The van der Waals surface area contributed by atoms with E-state index >= 15 is 0 Å². The molecule has 134 valence electrons. The first-order chi connectivity index (χ1) is 12.1. The quantitative estimate of drug-likeness (QED) is 0.749. The van der Waals surface area contributed by atoms with Crippen molar-refractivity contribution in [3.05, 3.63) is 17.5 Å². The summed E-state index contributed by atoms with van der Waals surface area (Å²) in [5, 5.41) is 12.9. The van der Waals surface area contributed by atoms with E-state index in [4.69, 9.17) is 0 Å². The van der Waals surface area contributed by atoms with Crippen LogP contribution < -0.4 is 5.32 Å². The molecule has 2 fully saturated rings. The molecule has 0 saturated heterocycles. The Balaban J connectivity index is 1.31. The van der Waals surface area contributed by atoms with Gasteiger partial charge in [0.25, 0.3) is 0 Å². The lowest BCUT2D eigenvalue weighted by Crippen LogP contribution is -2.43. The highest BCUT2D eigenvalue weighted by atomic mass is 32.2. The fraction of sp³-hybridized carbons (Fsp3) is 0.611. The minimum absolute atomic E-state index is 0.0859. The van der Waals surface area contributed by atoms with Gasteiger partial charge in [0.1, 0.15) is 0 Å². The van der Waals surface area contributed by atoms with Gasteiger partial charge in [0.15, 0.2) is 5.82 Å². The highest BCUT2D eigenvalue weighted by Gasteiger charge is 2.42. The minimum atomic E-state index is -0.201. The number of rotatable bonds is 6. The Bertz CT molecular complexity index is 729. The summed E-state index contributed by atoms with van der Waals surface area (Å²) in [4.78, 5) is 18.1. The van der Waals surface area contributed by atoms with Crippen LogP contribution in [0.25, 0.3) is 10.7 Å². The molecule has 7 heteroatoms. The molecule has 0 radical (unpaired) electrons. The van der Waals surface area contributed by atoms with Gasteiger partial charge in [-0.05, 0) is 62.3 Å². The SMILES string of the molecule is CC(Sc1n[nH]c(-c2cccs2)n1)C(=O)NC(C)C1CC2CCC1C2. The number of nitrogens with zero attached hydrogens (tertiary/aromatic N) is 2. The maximum absolute atomic E-state index is 12.6. The fourth-order valence-corrected chi connectivity index (χ4v) is 5.79. The highest BCUT2D eigenvalue weighted by molar-refractivity contribution is 8.00. The molecule has 2 saturated carbocycles. The van der Waals surface area contributed by atoms with Crippen LogP contribution in [0.4, 0.5) is 0 Å². The average Bonchev–Trinajstić information content (AvgIpc) is 3.36. The summed E-state index contributed by atoms with van der Waals surface area (Å²) < 4.78 is 0. The molecule has 1 amide bonds. The van der Waals surface area contributed by atoms with E-state index in [9.17, 15) is 4.79 Å². The molecular formula is C18H24N4OS2. The molecule has 0 aromatic carbocycles. The van der Waals surface area contributed by atoms with Crippen LogP contribution in [0, 0.1) is 17.8 Å². The first-order valence-electron chi connectivity index (χ1n) is 9.03. The summed E-state index contributed by atoms with van der Waals surface area (Å²) in [5.41, 5.74) is 0. The van der Waals surface area contributed by atoms with Gasteiger partial charge in [-0.15, -0.1) is 16.4 Å². The number of aromatic nitrogens is 3. The van der Waals surface area contributed by atoms with Crippen molar-refractivity contribution in [2.24, 2.45) is 17.8 Å². The molecule has 2 bridgehead atoms. The van der Waals surface area contributed by atoms with Gasteiger partial charge in [0.2, 0.25) is 11.1 Å². The zero-order chi connectivity index (χ0) is 17.4. The summed E-state index contributed by atoms with van der Waals surface area (Å²) in [6.45, 7) is 4.09. The number of fused-ring (bicyclic) bond motifs is 2. The van der Waals surface area contributed by atoms with Crippen LogP contribution in [0.5, 0.6) is 0 Å². The summed E-state index contributed by atoms with van der Waals surface area (Å²) in [5.74, 6) is 3.24. The Morgan fingerprint density at radius 1 is 1.40 bits per heavy atom. The van der Waals surface area contributed by atoms with Crippen LogP contribution in [0.3, 0.4) is 0 Å². The lowest BCUT2D eigenvalue weighted by Gasteiger charge is -2.29. The number of carbonyl (C=O) groups excluding carboxylic acids is 1. The monoisotopic (exact) mass is 376 g/mol. The van der Waals surface area contributed by atoms with Gasteiger partial charge in [-0.1, -0.05) is 24.2 Å². The molecular weight excluding hydrogens is 352 g/mol. The summed E-state index contributed by atoms with van der Waals surface area (Å²) >= 11 is 3.03. The van der Waals surface area contributed by atoms with E-state index in [1.807, 2.05) is 24.4 Å². The van der Waals surface area contributed by atoms with Gasteiger partial charge in [-0.3, -0.25) is 9.89 Å². The predicted octanol–water partition coefficient (Wildman–Crippen LogP) is 3.95. The maximum atomic E-state index is 12.6. The van der Waals surface area contributed by atoms with E-state index in [1.54, 1.807) is 11.3 Å². The molecule has 2 aromatic heterocycles. The molecule has 2 aliphatic carbocycles. The molecule has 4 rings (SSSR count). The van der Waals surface area contributed by atoms with Gasteiger partial charge in [-0.25, -0.2) is 4.98 Å². The van der Waals surface area contributed by atoms with Crippen molar-refractivity contribution in [3.8, 4) is 10.7 Å². The van der Waals surface area contributed by atoms with E-state index < -0.39 is 0 Å². The molecule has 2 aliphatic rings. The van der Waals surface area contributed by atoms with Crippen LogP contribution in [0.2, 0.25) is 0 Å². The number of thiophene rings is 1. The molecule has 5 unspecified atom stereocenters. The van der Waals surface area contributed by atoms with E-state index in [1.165, 1.54) is 37.4 Å². The van der Waals surface area contributed by atoms with Gasteiger partial charge < -0.3 is 5.32 Å². The minimum Gasteiger partial charge on any atom is -0.352 e. The number of aromatic amines is 1. The van der Waals surface area contributed by atoms with Gasteiger partial charge in [-0.2, -0.15) is 0 Å². The number of hydrogen-bond donors (Lipinski definition) is 2. The third-order valence-corrected chi connectivity index (χ3v) is 7.51. The van der Waals surface area contributed by atoms with Gasteiger partial charge >= 0.3 is 0 Å². The second-order valence-corrected chi connectivity index (χ2v) is 9.60. The number of amides is 1. The zero-order valence-corrected chi connectivity index (χ0v) is 16.2. The van der Waals surface area contributed by atoms with Crippen molar-refractivity contribution in [1.29, 1.82) is 0 Å². The molecule has 25 heavy (non-hydrogen) atoms. The van der Waals surface area contributed by atoms with E-state index in [0.29, 0.717) is 11.1 Å². The molecule has 2 aromatic rings. The van der Waals surface area contributed by atoms with Crippen molar-refractivity contribution < 1.29 is 4.79 Å². The third kappa shape index (κ3) is 3.62. The van der Waals surface area contributed by atoms with E-state index in [0.717, 1.165) is 22.5 Å². The lowest BCUT2D eigenvalue weighted by molar-refractivity contribution is -0.121. The highest BCUT2D eigenvalue weighted by Crippen LogP contribution is 2.49. The van der Waals surface area contributed by atoms with Gasteiger partial charge in [0, 0.05) is 6.04 Å². The van der Waals surface area contributed by atoms with Crippen molar-refractivity contribution in [3.63, 3.8) is 0 Å². The van der Waals surface area contributed by atoms with Crippen LogP contribution in [0.15, 0.2) is 22.7 Å². The number of thioether (sulfide) groups is 1. The smallest absolute Gasteiger partial charge is 0.233 e. The maximum Gasteiger partial charge on any atom is 0.233 e. The Labute approximate surface area is 156 Å². The third-order valence-electron chi connectivity index (χ3n) is 5.68. The Hall–Kier alpha value is -1.34. The van der Waals surface area contributed by atoms with Crippen LogP contribution in [-0.2, 0) is 4.79 Å². The zero-order valence-electron chi connectivity index (χ0n) is 14.6. The molecule has 0 spiro atoms. The number of carbonyl (C=O) groups is 1. The second kappa shape index (κ2) is 7.11. The van der Waals surface area contributed by atoms with Crippen molar-refractivity contribution in [1.82, 2.24) is 20.5 Å². The Morgan fingerprint density at radius 3 is 2.96 bits per heavy atom. The number of nitrogens with one attached hydrogen (secondary N) is 2. The number of H-pyrrole nitrogens is 1. The van der Waals surface area contributed by atoms with Crippen LogP contribution in [-0.4, -0.2) is 32.4 Å². The fourth-order valence-electron chi connectivity index (χ4n) is 4.39. The molecule has 2 heterocycles. The first kappa shape index (κ1) is 17.1. The topological polar surface area (TPSA) is 70.7 Å². The Kier molecular flexibility index (Phi) is 4.86. The largest absolute Gasteiger partial charge is 0.352 e. The van der Waals surface area contributed by atoms with Crippen LogP contribution >= 0.6 is 23.1 Å². The molecule has 2 N–H and O–H groups in total. The van der Waals surface area contributed by atoms with Crippen molar-refractivity contribution in [2.75, 3.05) is 0 Å². The second-order valence-electron chi connectivity index (χ2n) is 7.34. The predicted molar refractivity (Wildman–Crippen MR) is 102 cm³/mol.